The predicted molar refractivity (Wildman–Crippen MR) is 146 cm³/mol. The van der Waals surface area contributed by atoms with Crippen molar-refractivity contribution in [3.05, 3.63) is 85.5 Å². The molecule has 0 radical (unpaired) electrons. The van der Waals surface area contributed by atoms with Crippen LogP contribution in [0.1, 0.15) is 40.2 Å². The van der Waals surface area contributed by atoms with Gasteiger partial charge in [0.2, 0.25) is 0 Å². The highest BCUT2D eigenvalue weighted by Gasteiger charge is 2.31. The Bertz CT molecular complexity index is 1470. The van der Waals surface area contributed by atoms with E-state index in [0.717, 1.165) is 39.2 Å². The first-order chi connectivity index (χ1) is 16.2. The van der Waals surface area contributed by atoms with Gasteiger partial charge in [0.05, 0.1) is 16.8 Å². The number of carbonyl (C=O) groups excluding carboxylic acids is 1. The molecule has 2 aromatic heterocycles. The zero-order valence-corrected chi connectivity index (χ0v) is 22.3. The summed E-state index contributed by atoms with van der Waals surface area (Å²) in [6, 6.07) is 14.7. The van der Waals surface area contributed by atoms with Crippen LogP contribution >= 0.6 is 46.5 Å². The number of fused-ring (bicyclic) bond motifs is 3. The van der Waals surface area contributed by atoms with E-state index in [4.69, 9.17) is 16.6 Å². The van der Waals surface area contributed by atoms with Crippen molar-refractivity contribution in [2.24, 2.45) is 0 Å². The van der Waals surface area contributed by atoms with E-state index in [0.29, 0.717) is 15.7 Å². The molecule has 0 spiro atoms. The molecular weight excluding hydrogens is 504 g/mol. The number of benzene rings is 2. The molecule has 1 aliphatic rings. The summed E-state index contributed by atoms with van der Waals surface area (Å²) in [4.78, 5) is 33.7. The highest BCUT2D eigenvalue weighted by atomic mass is 35.5. The van der Waals surface area contributed by atoms with Crippen LogP contribution < -0.4 is 5.56 Å². The lowest BCUT2D eigenvalue weighted by atomic mass is 10.00. The van der Waals surface area contributed by atoms with E-state index in [1.807, 2.05) is 43.0 Å². The van der Waals surface area contributed by atoms with E-state index < -0.39 is 0 Å². The molecular formula is C26H23ClN2O2S3. The van der Waals surface area contributed by atoms with Crippen LogP contribution in [-0.2, 0) is 12.2 Å². The number of thioether (sulfide) groups is 2. The highest BCUT2D eigenvalue weighted by Crippen LogP contribution is 2.44. The third kappa shape index (κ3) is 4.59. The minimum atomic E-state index is -0.0581. The summed E-state index contributed by atoms with van der Waals surface area (Å²) in [5, 5.41) is 1.85. The number of Topliss-reactive ketones (excluding diaryl/α,β-unsaturated/α-hetero) is 1. The number of nitrogens with zero attached hydrogens (tertiary/aromatic N) is 2. The number of hydrogen-bond donors (Lipinski definition) is 0. The summed E-state index contributed by atoms with van der Waals surface area (Å²) in [5.41, 5.74) is 3.50. The quantitative estimate of drug-likeness (QED) is 0.160. The molecule has 0 amide bonds. The molecule has 2 aromatic carbocycles. The summed E-state index contributed by atoms with van der Waals surface area (Å²) in [5.74, 6) is 1.04. The second-order valence-corrected chi connectivity index (χ2v) is 13.1. The number of aromatic nitrogens is 2. The van der Waals surface area contributed by atoms with Crippen LogP contribution in [0, 0.1) is 6.92 Å². The maximum Gasteiger partial charge on any atom is 0.267 e. The Morgan fingerprint density at radius 1 is 1.21 bits per heavy atom. The number of ketones is 1. The first-order valence-electron chi connectivity index (χ1n) is 10.9. The predicted octanol–water partition coefficient (Wildman–Crippen LogP) is 6.95. The molecule has 4 aromatic rings. The number of halogens is 1. The van der Waals surface area contributed by atoms with E-state index >= 15 is 0 Å². The summed E-state index contributed by atoms with van der Waals surface area (Å²) < 4.78 is 1.76. The number of thiophene rings is 1. The summed E-state index contributed by atoms with van der Waals surface area (Å²) in [7, 11) is 0. The number of aryl methyl sites for hydroxylation is 1. The second kappa shape index (κ2) is 9.19. The Balaban J connectivity index is 1.61. The van der Waals surface area contributed by atoms with Gasteiger partial charge in [0.15, 0.2) is 10.9 Å². The Hall–Kier alpha value is -2.06. The Labute approximate surface area is 215 Å². The molecule has 0 fully saturated rings. The molecule has 174 valence electrons. The Morgan fingerprint density at radius 2 is 1.97 bits per heavy atom. The van der Waals surface area contributed by atoms with Crippen molar-refractivity contribution in [1.82, 2.24) is 9.55 Å². The van der Waals surface area contributed by atoms with Crippen molar-refractivity contribution in [2.45, 2.75) is 42.8 Å². The van der Waals surface area contributed by atoms with Crippen LogP contribution in [0.15, 0.2) is 58.5 Å². The van der Waals surface area contributed by atoms with Crippen LogP contribution in [0.3, 0.4) is 0 Å². The first-order valence-corrected chi connectivity index (χ1v) is 14.1. The molecule has 0 N–H and O–H groups in total. The molecule has 8 heteroatoms. The Kier molecular flexibility index (Phi) is 6.40. The fraction of sp³-hybridized carbons (Fsp3) is 0.269. The van der Waals surface area contributed by atoms with Crippen LogP contribution in [0.5, 0.6) is 0 Å². The van der Waals surface area contributed by atoms with Gasteiger partial charge in [-0.25, -0.2) is 4.98 Å². The van der Waals surface area contributed by atoms with E-state index in [1.165, 1.54) is 16.6 Å². The van der Waals surface area contributed by atoms with Crippen LogP contribution in [0.2, 0.25) is 5.02 Å². The molecule has 5 rings (SSSR count). The standard InChI is InChI=1S/C26H23ClN2O2S3/c1-15-5-4-6-18(11-15)29-24(31)22-19-12-26(2,3)33-14-21(19)34-23(22)28-25(29)32-13-20(30)16-7-9-17(27)10-8-16/h4-11H,12-14H2,1-3H3. The molecule has 3 heterocycles. The van der Waals surface area contributed by atoms with Crippen LogP contribution in [-0.4, -0.2) is 25.8 Å². The van der Waals surface area contributed by atoms with Gasteiger partial charge in [-0.15, -0.1) is 23.1 Å². The van der Waals surface area contributed by atoms with Gasteiger partial charge in [-0.2, -0.15) is 0 Å². The summed E-state index contributed by atoms with van der Waals surface area (Å²) in [6.07, 6.45) is 0.847. The summed E-state index contributed by atoms with van der Waals surface area (Å²) in [6.45, 7) is 6.45. The van der Waals surface area contributed by atoms with Gasteiger partial charge >= 0.3 is 0 Å². The largest absolute Gasteiger partial charge is 0.293 e. The zero-order chi connectivity index (χ0) is 24.0. The monoisotopic (exact) mass is 526 g/mol. The molecule has 4 nitrogen and oxygen atoms in total. The van der Waals surface area contributed by atoms with Crippen molar-refractivity contribution in [3.8, 4) is 5.69 Å². The SMILES string of the molecule is Cc1cccc(-n2c(SCC(=O)c3ccc(Cl)cc3)nc3sc4c(c3c2=O)CC(C)(C)SC4)c1. The maximum absolute atomic E-state index is 14.0. The minimum absolute atomic E-state index is 0.0320. The second-order valence-electron chi connectivity index (χ2n) is 9.00. The third-order valence-electron chi connectivity index (χ3n) is 5.83. The summed E-state index contributed by atoms with van der Waals surface area (Å²) >= 11 is 10.8. The van der Waals surface area contributed by atoms with Crippen molar-refractivity contribution >= 4 is 62.5 Å². The van der Waals surface area contributed by atoms with Gasteiger partial charge in [0.25, 0.3) is 5.56 Å². The van der Waals surface area contributed by atoms with E-state index in [9.17, 15) is 9.59 Å². The van der Waals surface area contributed by atoms with E-state index in [1.54, 1.807) is 40.2 Å². The smallest absolute Gasteiger partial charge is 0.267 e. The fourth-order valence-corrected chi connectivity index (χ4v) is 7.53. The van der Waals surface area contributed by atoms with E-state index in [-0.39, 0.29) is 21.8 Å². The third-order valence-corrected chi connectivity index (χ3v) is 9.69. The van der Waals surface area contributed by atoms with Gasteiger partial charge in [-0.05, 0) is 60.9 Å². The van der Waals surface area contributed by atoms with Gasteiger partial charge in [0.1, 0.15) is 4.83 Å². The van der Waals surface area contributed by atoms with Crippen LogP contribution in [0.4, 0.5) is 0 Å². The van der Waals surface area contributed by atoms with Gasteiger partial charge < -0.3 is 0 Å². The molecule has 0 saturated carbocycles. The number of carbonyl (C=O) groups is 1. The van der Waals surface area contributed by atoms with Gasteiger partial charge in [-0.3, -0.25) is 14.2 Å². The van der Waals surface area contributed by atoms with Gasteiger partial charge in [0, 0.05) is 26.0 Å². The average Bonchev–Trinajstić information content (AvgIpc) is 3.14. The topological polar surface area (TPSA) is 52.0 Å². The van der Waals surface area contributed by atoms with E-state index in [2.05, 4.69) is 13.8 Å². The van der Waals surface area contributed by atoms with Crippen LogP contribution in [0.25, 0.3) is 15.9 Å². The normalized spacial score (nSPS) is 14.8. The molecule has 0 aliphatic carbocycles. The average molecular weight is 527 g/mol. The lowest BCUT2D eigenvalue weighted by Crippen LogP contribution is -2.26. The Morgan fingerprint density at radius 3 is 2.71 bits per heavy atom. The van der Waals surface area contributed by atoms with Crippen molar-refractivity contribution in [2.75, 3.05) is 5.75 Å². The van der Waals surface area contributed by atoms with Gasteiger partial charge in [-0.1, -0.05) is 49.3 Å². The molecule has 0 bridgehead atoms. The lowest BCUT2D eigenvalue weighted by molar-refractivity contribution is 0.102. The molecule has 1 aliphatic heterocycles. The molecule has 0 atom stereocenters. The maximum atomic E-state index is 14.0. The number of rotatable bonds is 5. The lowest BCUT2D eigenvalue weighted by Gasteiger charge is -2.28. The minimum Gasteiger partial charge on any atom is -0.293 e. The van der Waals surface area contributed by atoms with Crippen molar-refractivity contribution in [3.63, 3.8) is 0 Å². The zero-order valence-electron chi connectivity index (χ0n) is 19.1. The highest BCUT2D eigenvalue weighted by molar-refractivity contribution is 8.00. The molecule has 0 unspecified atom stereocenters. The number of hydrogen-bond acceptors (Lipinski definition) is 6. The molecule has 34 heavy (non-hydrogen) atoms. The molecule has 0 saturated heterocycles. The van der Waals surface area contributed by atoms with Crippen molar-refractivity contribution < 1.29 is 4.79 Å². The van der Waals surface area contributed by atoms with Crippen molar-refractivity contribution in [1.29, 1.82) is 0 Å². The first kappa shape index (κ1) is 23.7. The fourth-order valence-electron chi connectivity index (χ4n) is 4.11.